The largest absolute Gasteiger partial charge is 0.493 e. The average Bonchev–Trinajstić information content (AvgIpc) is 2.97. The monoisotopic (exact) mass is 397 g/mol. The van der Waals surface area contributed by atoms with Gasteiger partial charge >= 0.3 is 0 Å². The number of amides is 2. The fourth-order valence-electron chi connectivity index (χ4n) is 2.73. The summed E-state index contributed by atoms with van der Waals surface area (Å²) in [4.78, 5) is 26.7. The van der Waals surface area contributed by atoms with Gasteiger partial charge in [0.25, 0.3) is 11.1 Å². The first kappa shape index (κ1) is 20.0. The number of hydrogen-bond acceptors (Lipinski definition) is 5. The van der Waals surface area contributed by atoms with E-state index in [2.05, 4.69) is 6.92 Å². The molecule has 6 heteroatoms. The molecule has 0 saturated carbocycles. The molecule has 146 valence electrons. The number of carbonyl (C=O) groups is 2. The molecule has 0 aliphatic carbocycles. The maximum Gasteiger partial charge on any atom is 0.293 e. The predicted octanol–water partition coefficient (Wildman–Crippen LogP) is 5.11. The third-order valence-corrected chi connectivity index (χ3v) is 5.35. The Morgan fingerprint density at radius 3 is 2.54 bits per heavy atom. The van der Waals surface area contributed by atoms with Crippen LogP contribution in [0.2, 0.25) is 0 Å². The van der Waals surface area contributed by atoms with Crippen molar-refractivity contribution in [2.75, 3.05) is 7.11 Å². The van der Waals surface area contributed by atoms with Gasteiger partial charge in [0.05, 0.1) is 24.7 Å². The Morgan fingerprint density at radius 2 is 1.86 bits per heavy atom. The zero-order valence-corrected chi connectivity index (χ0v) is 17.0. The highest BCUT2D eigenvalue weighted by Crippen LogP contribution is 2.35. The van der Waals surface area contributed by atoms with E-state index in [-0.39, 0.29) is 23.8 Å². The lowest BCUT2D eigenvalue weighted by Crippen LogP contribution is -2.27. The maximum absolute atomic E-state index is 12.7. The van der Waals surface area contributed by atoms with Crippen LogP contribution in [0.1, 0.15) is 31.4 Å². The zero-order chi connectivity index (χ0) is 20.1. The molecule has 1 aliphatic heterocycles. The first-order chi connectivity index (χ1) is 13.5. The predicted molar refractivity (Wildman–Crippen MR) is 111 cm³/mol. The molecule has 0 spiro atoms. The van der Waals surface area contributed by atoms with Crippen LogP contribution in [0.3, 0.4) is 0 Å². The summed E-state index contributed by atoms with van der Waals surface area (Å²) in [6.45, 7) is 4.32. The van der Waals surface area contributed by atoms with Crippen molar-refractivity contribution in [3.63, 3.8) is 0 Å². The fourth-order valence-corrected chi connectivity index (χ4v) is 3.56. The second kappa shape index (κ2) is 8.97. The molecule has 3 rings (SSSR count). The second-order valence-electron chi connectivity index (χ2n) is 6.50. The number of methoxy groups -OCH3 is 1. The Bertz CT molecular complexity index is 895. The van der Waals surface area contributed by atoms with E-state index in [1.165, 1.54) is 4.90 Å². The number of ether oxygens (including phenoxy) is 2. The standard InChI is InChI=1S/C22H23NO4S/c1-4-15(2)27-18-11-10-17(12-19(18)26-3)13-20-21(24)23(22(25)28-20)14-16-8-6-5-7-9-16/h5-13,15H,4,14H2,1-3H3/b20-13-/t15-/m1/s1. The average molecular weight is 397 g/mol. The summed E-state index contributed by atoms with van der Waals surface area (Å²) in [5.74, 6) is 0.974. The van der Waals surface area contributed by atoms with E-state index < -0.39 is 0 Å². The van der Waals surface area contributed by atoms with Crippen LogP contribution < -0.4 is 9.47 Å². The topological polar surface area (TPSA) is 55.8 Å². The fraction of sp³-hybridized carbons (Fsp3) is 0.273. The van der Waals surface area contributed by atoms with E-state index in [0.717, 1.165) is 29.3 Å². The van der Waals surface area contributed by atoms with Gasteiger partial charge in [0.2, 0.25) is 0 Å². The van der Waals surface area contributed by atoms with Crippen LogP contribution in [0.15, 0.2) is 53.4 Å². The highest BCUT2D eigenvalue weighted by Gasteiger charge is 2.34. The van der Waals surface area contributed by atoms with Gasteiger partial charge in [-0.3, -0.25) is 14.5 Å². The number of imide groups is 1. The van der Waals surface area contributed by atoms with E-state index in [4.69, 9.17) is 9.47 Å². The molecule has 0 bridgehead atoms. The minimum absolute atomic E-state index is 0.0780. The van der Waals surface area contributed by atoms with Gasteiger partial charge < -0.3 is 9.47 Å². The van der Waals surface area contributed by atoms with Gasteiger partial charge in [-0.05, 0) is 54.4 Å². The summed E-state index contributed by atoms with van der Waals surface area (Å²) >= 11 is 0.954. The highest BCUT2D eigenvalue weighted by molar-refractivity contribution is 8.18. The first-order valence-electron chi connectivity index (χ1n) is 9.15. The minimum Gasteiger partial charge on any atom is -0.493 e. The molecule has 0 N–H and O–H groups in total. The molecule has 0 radical (unpaired) electrons. The third kappa shape index (κ3) is 4.57. The molecule has 28 heavy (non-hydrogen) atoms. The normalized spacial score (nSPS) is 16.5. The molecular formula is C22H23NO4S. The zero-order valence-electron chi connectivity index (χ0n) is 16.2. The molecule has 1 fully saturated rings. The Hall–Kier alpha value is -2.73. The van der Waals surface area contributed by atoms with Crippen LogP contribution in [-0.4, -0.2) is 29.3 Å². The lowest BCUT2D eigenvalue weighted by Gasteiger charge is -2.15. The summed E-state index contributed by atoms with van der Waals surface area (Å²) in [5, 5.41) is -0.260. The van der Waals surface area contributed by atoms with E-state index in [1.807, 2.05) is 55.5 Å². The van der Waals surface area contributed by atoms with Gasteiger partial charge in [0.15, 0.2) is 11.5 Å². The lowest BCUT2D eigenvalue weighted by molar-refractivity contribution is -0.123. The summed E-state index contributed by atoms with van der Waals surface area (Å²) in [6, 6.07) is 15.0. The molecule has 1 atom stereocenters. The molecular weight excluding hydrogens is 374 g/mol. The van der Waals surface area contributed by atoms with Crippen molar-refractivity contribution >= 4 is 29.0 Å². The Balaban J connectivity index is 1.79. The molecule has 5 nitrogen and oxygen atoms in total. The van der Waals surface area contributed by atoms with Gasteiger partial charge in [0, 0.05) is 0 Å². The smallest absolute Gasteiger partial charge is 0.293 e. The number of nitrogens with zero attached hydrogens (tertiary/aromatic N) is 1. The molecule has 0 unspecified atom stereocenters. The summed E-state index contributed by atoms with van der Waals surface area (Å²) in [6.07, 6.45) is 2.68. The molecule has 1 saturated heterocycles. The summed E-state index contributed by atoms with van der Waals surface area (Å²) in [5.41, 5.74) is 1.69. The van der Waals surface area contributed by atoms with Crippen LogP contribution in [0, 0.1) is 0 Å². The molecule has 0 aromatic heterocycles. The van der Waals surface area contributed by atoms with Gasteiger partial charge in [-0.25, -0.2) is 0 Å². The SMILES string of the molecule is CC[C@@H](C)Oc1ccc(/C=C2\SC(=O)N(Cc3ccccc3)C2=O)cc1OC. The van der Waals surface area contributed by atoms with Crippen LogP contribution in [-0.2, 0) is 11.3 Å². The second-order valence-corrected chi connectivity index (χ2v) is 7.49. The van der Waals surface area contributed by atoms with E-state index >= 15 is 0 Å². The molecule has 1 aliphatic rings. The van der Waals surface area contributed by atoms with Crippen LogP contribution in [0.25, 0.3) is 6.08 Å². The number of hydrogen-bond donors (Lipinski definition) is 0. The van der Waals surface area contributed by atoms with Crippen molar-refractivity contribution in [2.24, 2.45) is 0 Å². The van der Waals surface area contributed by atoms with E-state index in [0.29, 0.717) is 16.4 Å². The molecule has 2 aromatic carbocycles. The van der Waals surface area contributed by atoms with Crippen LogP contribution in [0.5, 0.6) is 11.5 Å². The van der Waals surface area contributed by atoms with Crippen molar-refractivity contribution in [1.29, 1.82) is 0 Å². The van der Waals surface area contributed by atoms with Gasteiger partial charge in [-0.1, -0.05) is 43.3 Å². The summed E-state index contributed by atoms with van der Waals surface area (Å²) < 4.78 is 11.3. The minimum atomic E-state index is -0.280. The van der Waals surface area contributed by atoms with Gasteiger partial charge in [0.1, 0.15) is 0 Å². The number of thioether (sulfide) groups is 1. The number of benzene rings is 2. The van der Waals surface area contributed by atoms with Crippen LogP contribution in [0.4, 0.5) is 4.79 Å². The van der Waals surface area contributed by atoms with E-state index in [1.54, 1.807) is 13.2 Å². The van der Waals surface area contributed by atoms with Crippen molar-refractivity contribution in [3.8, 4) is 11.5 Å². The van der Waals surface area contributed by atoms with E-state index in [9.17, 15) is 9.59 Å². The van der Waals surface area contributed by atoms with Gasteiger partial charge in [-0.15, -0.1) is 0 Å². The van der Waals surface area contributed by atoms with Crippen molar-refractivity contribution in [1.82, 2.24) is 4.90 Å². The molecule has 2 amide bonds. The number of carbonyl (C=O) groups excluding carboxylic acids is 2. The highest BCUT2D eigenvalue weighted by atomic mass is 32.2. The van der Waals surface area contributed by atoms with Gasteiger partial charge in [-0.2, -0.15) is 0 Å². The summed E-state index contributed by atoms with van der Waals surface area (Å²) in [7, 11) is 1.58. The van der Waals surface area contributed by atoms with Crippen LogP contribution >= 0.6 is 11.8 Å². The molecule has 2 aromatic rings. The Morgan fingerprint density at radius 1 is 1.11 bits per heavy atom. The van der Waals surface area contributed by atoms with Crippen molar-refractivity contribution in [3.05, 3.63) is 64.6 Å². The van der Waals surface area contributed by atoms with Crippen molar-refractivity contribution < 1.29 is 19.1 Å². The Labute approximate surface area is 169 Å². The van der Waals surface area contributed by atoms with Crippen molar-refractivity contribution in [2.45, 2.75) is 32.9 Å². The molecule has 1 heterocycles. The number of rotatable bonds is 7. The third-order valence-electron chi connectivity index (χ3n) is 4.45. The maximum atomic E-state index is 12.7. The first-order valence-corrected chi connectivity index (χ1v) is 9.97. The quantitative estimate of drug-likeness (QED) is 0.608. The lowest BCUT2D eigenvalue weighted by atomic mass is 10.1. The Kier molecular flexibility index (Phi) is 6.41.